The van der Waals surface area contributed by atoms with Crippen LogP contribution in [0.3, 0.4) is 0 Å². The van der Waals surface area contributed by atoms with Crippen molar-refractivity contribution >= 4 is 69.7 Å². The Labute approximate surface area is 248 Å². The standard InChI is InChI=1S/2C12H14O2PSe2.Ni/c2*16-15(17,9-5-11-3-1-7-13-11)10-6-12-4-2-8-14-12;/h2*1-4,7-8H,5-6,9-10H2;. The average molecular weight is 817 g/mol. The number of furan rings is 4. The second-order valence-electron chi connectivity index (χ2n) is 7.84. The predicted molar refractivity (Wildman–Crippen MR) is 146 cm³/mol. The van der Waals surface area contributed by atoms with Crippen LogP contribution in [0.1, 0.15) is 23.0 Å². The molecule has 0 bridgehead atoms. The molecule has 0 fully saturated rings. The van der Waals surface area contributed by atoms with Gasteiger partial charge in [0.05, 0.1) is 0 Å². The molecule has 0 saturated carbocycles. The fraction of sp³-hybridized carbons (Fsp3) is 0.333. The van der Waals surface area contributed by atoms with Gasteiger partial charge in [0.1, 0.15) is 0 Å². The van der Waals surface area contributed by atoms with Crippen molar-refractivity contribution in [2.24, 2.45) is 0 Å². The van der Waals surface area contributed by atoms with Crippen LogP contribution in [0.4, 0.5) is 0 Å². The van der Waals surface area contributed by atoms with Gasteiger partial charge in [0.25, 0.3) is 0 Å². The quantitative estimate of drug-likeness (QED) is 0.137. The molecule has 4 heterocycles. The summed E-state index contributed by atoms with van der Waals surface area (Å²) in [5.74, 6) is 4.27. The van der Waals surface area contributed by atoms with E-state index in [0.717, 1.165) is 73.4 Å². The molecule has 0 N–H and O–H groups in total. The average Bonchev–Trinajstić information content (AvgIpc) is 3.64. The first-order valence-electron chi connectivity index (χ1n) is 11.0. The Bertz CT molecular complexity index is 968. The van der Waals surface area contributed by atoms with Gasteiger partial charge in [-0.05, 0) is 0 Å². The van der Waals surface area contributed by atoms with Gasteiger partial charge in [-0.15, -0.1) is 0 Å². The van der Waals surface area contributed by atoms with Crippen molar-refractivity contribution in [2.45, 2.75) is 25.7 Å². The molecule has 0 amide bonds. The fourth-order valence-corrected chi connectivity index (χ4v) is 10.5. The summed E-state index contributed by atoms with van der Waals surface area (Å²) in [6.45, 7) is 0. The summed E-state index contributed by atoms with van der Waals surface area (Å²) in [7, 11) is 0. The van der Waals surface area contributed by atoms with Crippen LogP contribution in [0.25, 0.3) is 0 Å². The number of rotatable bonds is 12. The van der Waals surface area contributed by atoms with Gasteiger partial charge < -0.3 is 0 Å². The monoisotopic (exact) mass is 820 g/mol. The molecule has 0 aliphatic carbocycles. The zero-order valence-electron chi connectivity index (χ0n) is 19.1. The van der Waals surface area contributed by atoms with Crippen LogP contribution in [0.2, 0.25) is 0 Å². The van der Waals surface area contributed by atoms with Crippen molar-refractivity contribution in [1.82, 2.24) is 0 Å². The van der Waals surface area contributed by atoms with Crippen molar-refractivity contribution in [2.75, 3.05) is 24.6 Å². The number of hydrogen-bond acceptors (Lipinski definition) is 4. The third-order valence-corrected chi connectivity index (χ3v) is 17.9. The molecule has 0 aliphatic rings. The van der Waals surface area contributed by atoms with Crippen LogP contribution in [-0.4, -0.2) is 86.0 Å². The Kier molecular flexibility index (Phi) is 15.0. The van der Waals surface area contributed by atoms with E-state index in [1.807, 2.05) is 48.5 Å². The summed E-state index contributed by atoms with van der Waals surface area (Å²) in [6.07, 6.45) is 15.5. The molecule has 192 valence electrons. The summed E-state index contributed by atoms with van der Waals surface area (Å²) in [5, 5.41) is 0. The predicted octanol–water partition coefficient (Wildman–Crippen LogP) is 5.68. The van der Waals surface area contributed by atoms with Crippen LogP contribution < -0.4 is 0 Å². The number of hydrogen-bond donors (Lipinski definition) is 0. The van der Waals surface area contributed by atoms with E-state index in [4.69, 9.17) is 17.7 Å². The maximum absolute atomic E-state index is 5.35. The second kappa shape index (κ2) is 16.5. The van der Waals surface area contributed by atoms with E-state index in [0.29, 0.717) is 0 Å². The van der Waals surface area contributed by atoms with Gasteiger partial charge in [0, 0.05) is 16.5 Å². The second-order valence-corrected chi connectivity index (χ2v) is 37.5. The van der Waals surface area contributed by atoms with E-state index >= 15 is 0 Å². The van der Waals surface area contributed by atoms with Crippen LogP contribution in [-0.2, 0) is 42.2 Å². The fourth-order valence-electron chi connectivity index (χ4n) is 3.17. The van der Waals surface area contributed by atoms with Crippen LogP contribution in [0.15, 0.2) is 91.3 Å². The van der Waals surface area contributed by atoms with Gasteiger partial charge in [0.15, 0.2) is 0 Å². The van der Waals surface area contributed by atoms with Crippen molar-refractivity contribution < 1.29 is 34.2 Å². The Morgan fingerprint density at radius 2 is 0.714 bits per heavy atom. The summed E-state index contributed by atoms with van der Waals surface area (Å²) in [4.78, 5) is 0. The Morgan fingerprint density at radius 1 is 0.486 bits per heavy atom. The summed E-state index contributed by atoms with van der Waals surface area (Å²) < 4.78 is 19.2. The van der Waals surface area contributed by atoms with Crippen molar-refractivity contribution in [3.8, 4) is 0 Å². The van der Waals surface area contributed by atoms with Crippen molar-refractivity contribution in [3.05, 3.63) is 96.6 Å². The van der Waals surface area contributed by atoms with Crippen LogP contribution in [0, 0.1) is 0 Å². The molecular formula is C24H28NiO4P2Se4. The van der Waals surface area contributed by atoms with E-state index in [9.17, 15) is 0 Å². The van der Waals surface area contributed by atoms with Gasteiger partial charge in [0.2, 0.25) is 0 Å². The molecule has 4 rings (SSSR count). The third-order valence-electron chi connectivity index (χ3n) is 5.12. The van der Waals surface area contributed by atoms with Gasteiger partial charge in [-0.2, -0.15) is 0 Å². The zero-order valence-corrected chi connectivity index (χ0v) is 28.7. The first-order valence-corrected chi connectivity index (χ1v) is 24.2. The van der Waals surface area contributed by atoms with E-state index in [1.54, 1.807) is 25.1 Å². The van der Waals surface area contributed by atoms with Gasteiger partial charge >= 0.3 is 234 Å². The first kappa shape index (κ1) is 31.8. The molecule has 35 heavy (non-hydrogen) atoms. The first-order chi connectivity index (χ1) is 16.3. The maximum atomic E-state index is 5.35. The normalized spacial score (nSPS) is 11.5. The Morgan fingerprint density at radius 3 is 0.886 bits per heavy atom. The van der Waals surface area contributed by atoms with E-state index in [1.165, 1.54) is 0 Å². The van der Waals surface area contributed by atoms with Crippen LogP contribution in [0.5, 0.6) is 0 Å². The van der Waals surface area contributed by atoms with Crippen LogP contribution >= 0.6 is 8.40 Å². The Hall–Kier alpha value is 0.551. The molecule has 0 aromatic carbocycles. The molecule has 0 spiro atoms. The summed E-state index contributed by atoms with van der Waals surface area (Å²) >= 11 is 13.4. The summed E-state index contributed by atoms with van der Waals surface area (Å²) in [6, 6.07) is 15.9. The van der Waals surface area contributed by atoms with Crippen molar-refractivity contribution in [1.29, 1.82) is 0 Å². The van der Waals surface area contributed by atoms with Gasteiger partial charge in [-0.3, -0.25) is 0 Å². The molecular weight excluding hydrogens is 789 g/mol. The van der Waals surface area contributed by atoms with E-state index < -0.39 is 8.40 Å². The van der Waals surface area contributed by atoms with Gasteiger partial charge in [-0.1, -0.05) is 0 Å². The zero-order chi connectivity index (χ0) is 24.3. The minimum atomic E-state index is -1.09. The molecule has 0 atom stereocenters. The molecule has 0 saturated heterocycles. The minimum absolute atomic E-state index is 0. The Balaban J connectivity index is 0.000000240. The molecule has 4 nitrogen and oxygen atoms in total. The number of aryl methyl sites for hydroxylation is 4. The molecule has 4 aromatic rings. The molecule has 2 radical (unpaired) electrons. The van der Waals surface area contributed by atoms with E-state index in [2.05, 4.69) is 61.3 Å². The SMILES string of the molecule is [Ni].[Se]P(=[Se])(CCc1ccco1)CCc1ccco1.[Se]P(=[Se])(CCc1ccco1)CCc1ccco1. The molecule has 0 unspecified atom stereocenters. The van der Waals surface area contributed by atoms with Gasteiger partial charge in [-0.25, -0.2) is 0 Å². The van der Waals surface area contributed by atoms with E-state index in [-0.39, 0.29) is 16.5 Å². The molecule has 0 aliphatic heterocycles. The summed E-state index contributed by atoms with van der Waals surface area (Å²) in [5.41, 5.74) is 0. The third kappa shape index (κ3) is 13.3. The molecule has 11 heteroatoms. The topological polar surface area (TPSA) is 52.6 Å². The molecule has 4 aromatic heterocycles. The van der Waals surface area contributed by atoms with Crippen molar-refractivity contribution in [3.63, 3.8) is 0 Å².